The van der Waals surface area contributed by atoms with Crippen LogP contribution in [0.1, 0.15) is 18.9 Å². The summed E-state index contributed by atoms with van der Waals surface area (Å²) in [6.45, 7) is 4.04. The third kappa shape index (κ3) is 2.93. The Morgan fingerprint density at radius 2 is 1.83 bits per heavy atom. The molecule has 122 valence electrons. The normalized spacial score (nSPS) is 25.3. The van der Waals surface area contributed by atoms with Gasteiger partial charge in [0.15, 0.2) is 0 Å². The highest BCUT2D eigenvalue weighted by molar-refractivity contribution is 7.98. The maximum Gasteiger partial charge on any atom is 0.140 e. The van der Waals surface area contributed by atoms with Gasteiger partial charge in [-0.1, -0.05) is 12.1 Å². The van der Waals surface area contributed by atoms with Crippen molar-refractivity contribution in [3.05, 3.63) is 36.7 Å². The van der Waals surface area contributed by atoms with Crippen molar-refractivity contribution in [1.29, 1.82) is 0 Å². The summed E-state index contributed by atoms with van der Waals surface area (Å²) >= 11 is 1.77. The SMILES string of the molecule is CSc1ccc(-c2nccn2[C@H]2COC[C@@H]2N2CCCC2)cc1. The van der Waals surface area contributed by atoms with Crippen LogP contribution in [0.3, 0.4) is 0 Å². The largest absolute Gasteiger partial charge is 0.378 e. The predicted molar refractivity (Wildman–Crippen MR) is 93.9 cm³/mol. The minimum atomic E-state index is 0.367. The van der Waals surface area contributed by atoms with Crippen LogP contribution in [0.25, 0.3) is 11.4 Å². The fourth-order valence-corrected chi connectivity index (χ4v) is 4.17. The maximum atomic E-state index is 5.84. The fraction of sp³-hybridized carbons (Fsp3) is 0.500. The van der Waals surface area contributed by atoms with E-state index in [9.17, 15) is 0 Å². The molecule has 1 aromatic carbocycles. The molecule has 2 saturated heterocycles. The standard InChI is InChI=1S/C18H23N3OS/c1-23-15-6-4-14(5-7-15)18-19-8-11-21(18)17-13-22-12-16(17)20-9-2-3-10-20/h4-8,11,16-17H,2-3,9-10,12-13H2,1H3/t16-,17-/m0/s1. The zero-order valence-corrected chi connectivity index (χ0v) is 14.3. The van der Waals surface area contributed by atoms with Gasteiger partial charge in [0.05, 0.1) is 25.3 Å². The molecule has 3 heterocycles. The average Bonchev–Trinajstić information content (AvgIpc) is 3.33. The molecule has 4 nitrogen and oxygen atoms in total. The zero-order chi connectivity index (χ0) is 15.6. The molecule has 0 radical (unpaired) electrons. The number of nitrogens with zero attached hydrogens (tertiary/aromatic N) is 3. The lowest BCUT2D eigenvalue weighted by Crippen LogP contribution is -2.39. The molecule has 0 spiro atoms. The average molecular weight is 329 g/mol. The van der Waals surface area contributed by atoms with Crippen LogP contribution in [-0.2, 0) is 4.74 Å². The molecular weight excluding hydrogens is 306 g/mol. The Bertz CT molecular complexity index is 649. The highest BCUT2D eigenvalue weighted by Gasteiger charge is 2.36. The molecule has 0 bridgehead atoms. The van der Waals surface area contributed by atoms with Gasteiger partial charge in [-0.15, -0.1) is 11.8 Å². The van der Waals surface area contributed by atoms with Crippen molar-refractivity contribution in [3.8, 4) is 11.4 Å². The minimum absolute atomic E-state index is 0.367. The van der Waals surface area contributed by atoms with E-state index in [0.717, 1.165) is 19.0 Å². The molecule has 0 N–H and O–H groups in total. The van der Waals surface area contributed by atoms with Crippen molar-refractivity contribution in [2.24, 2.45) is 0 Å². The van der Waals surface area contributed by atoms with Crippen LogP contribution in [-0.4, -0.2) is 53.1 Å². The Labute approximate surface area is 141 Å². The summed E-state index contributed by atoms with van der Waals surface area (Å²) in [6, 6.07) is 9.53. The van der Waals surface area contributed by atoms with Crippen LogP contribution in [0.4, 0.5) is 0 Å². The molecule has 0 unspecified atom stereocenters. The zero-order valence-electron chi connectivity index (χ0n) is 13.5. The summed E-state index contributed by atoms with van der Waals surface area (Å²) in [4.78, 5) is 8.51. The summed E-state index contributed by atoms with van der Waals surface area (Å²) in [7, 11) is 0. The van der Waals surface area contributed by atoms with Crippen LogP contribution < -0.4 is 0 Å². The number of hydrogen-bond acceptors (Lipinski definition) is 4. The number of ether oxygens (including phenoxy) is 1. The number of likely N-dealkylation sites (tertiary alicyclic amines) is 1. The number of hydrogen-bond donors (Lipinski definition) is 0. The van der Waals surface area contributed by atoms with E-state index in [1.54, 1.807) is 11.8 Å². The summed E-state index contributed by atoms with van der Waals surface area (Å²) < 4.78 is 8.16. The highest BCUT2D eigenvalue weighted by Crippen LogP contribution is 2.31. The molecule has 0 amide bonds. The minimum Gasteiger partial charge on any atom is -0.378 e. The number of rotatable bonds is 4. The summed E-state index contributed by atoms with van der Waals surface area (Å²) in [5, 5.41) is 0. The van der Waals surface area contributed by atoms with Crippen LogP contribution in [0.5, 0.6) is 0 Å². The summed E-state index contributed by atoms with van der Waals surface area (Å²) in [5.41, 5.74) is 1.18. The van der Waals surface area contributed by atoms with Crippen molar-refractivity contribution in [2.75, 3.05) is 32.6 Å². The Hall–Kier alpha value is -1.30. The smallest absolute Gasteiger partial charge is 0.140 e. The molecule has 0 saturated carbocycles. The number of aromatic nitrogens is 2. The molecule has 1 aromatic heterocycles. The highest BCUT2D eigenvalue weighted by atomic mass is 32.2. The van der Waals surface area contributed by atoms with Crippen molar-refractivity contribution in [2.45, 2.75) is 29.8 Å². The first-order chi connectivity index (χ1) is 11.4. The quantitative estimate of drug-likeness (QED) is 0.805. The number of benzene rings is 1. The summed E-state index contributed by atoms with van der Waals surface area (Å²) in [6.07, 6.45) is 8.76. The monoisotopic (exact) mass is 329 g/mol. The van der Waals surface area contributed by atoms with Gasteiger partial charge in [-0.05, 0) is 44.3 Å². The third-order valence-electron chi connectivity index (χ3n) is 5.01. The van der Waals surface area contributed by atoms with Crippen molar-refractivity contribution >= 4 is 11.8 Å². The lowest BCUT2D eigenvalue weighted by atomic mass is 10.1. The third-order valence-corrected chi connectivity index (χ3v) is 5.75. The molecule has 2 fully saturated rings. The van der Waals surface area contributed by atoms with Gasteiger partial charge in [-0.25, -0.2) is 4.98 Å². The molecule has 2 atom stereocenters. The Morgan fingerprint density at radius 1 is 1.09 bits per heavy atom. The van der Waals surface area contributed by atoms with E-state index in [4.69, 9.17) is 4.74 Å². The topological polar surface area (TPSA) is 30.3 Å². The Balaban J connectivity index is 1.63. The second-order valence-corrected chi connectivity index (χ2v) is 7.18. The van der Waals surface area contributed by atoms with Crippen molar-refractivity contribution in [3.63, 3.8) is 0 Å². The van der Waals surface area contributed by atoms with Gasteiger partial charge < -0.3 is 9.30 Å². The summed E-state index contributed by atoms with van der Waals surface area (Å²) in [5.74, 6) is 1.05. The lowest BCUT2D eigenvalue weighted by Gasteiger charge is -2.29. The van der Waals surface area contributed by atoms with E-state index in [1.165, 1.54) is 36.4 Å². The van der Waals surface area contributed by atoms with E-state index in [-0.39, 0.29) is 0 Å². The van der Waals surface area contributed by atoms with Crippen molar-refractivity contribution < 1.29 is 4.74 Å². The molecular formula is C18H23N3OS. The second kappa shape index (κ2) is 6.67. The molecule has 23 heavy (non-hydrogen) atoms. The second-order valence-electron chi connectivity index (χ2n) is 6.30. The predicted octanol–water partition coefficient (Wildman–Crippen LogP) is 3.31. The fourth-order valence-electron chi connectivity index (χ4n) is 3.76. The van der Waals surface area contributed by atoms with Gasteiger partial charge in [0, 0.05) is 22.9 Å². The van der Waals surface area contributed by atoms with Crippen LogP contribution in [0.15, 0.2) is 41.6 Å². The van der Waals surface area contributed by atoms with Gasteiger partial charge in [0.1, 0.15) is 5.82 Å². The Kier molecular flexibility index (Phi) is 4.42. The first-order valence-electron chi connectivity index (χ1n) is 8.36. The number of thioether (sulfide) groups is 1. The molecule has 2 aliphatic heterocycles. The maximum absolute atomic E-state index is 5.84. The van der Waals surface area contributed by atoms with E-state index in [1.807, 2.05) is 6.20 Å². The van der Waals surface area contributed by atoms with Crippen LogP contribution in [0.2, 0.25) is 0 Å². The van der Waals surface area contributed by atoms with Gasteiger partial charge in [0.25, 0.3) is 0 Å². The van der Waals surface area contributed by atoms with E-state index < -0.39 is 0 Å². The molecule has 2 aromatic rings. The molecule has 0 aliphatic carbocycles. The van der Waals surface area contributed by atoms with E-state index in [0.29, 0.717) is 12.1 Å². The Morgan fingerprint density at radius 3 is 2.57 bits per heavy atom. The van der Waals surface area contributed by atoms with Gasteiger partial charge in [0.2, 0.25) is 0 Å². The molecule has 5 heteroatoms. The first kappa shape index (κ1) is 15.2. The number of imidazole rings is 1. The first-order valence-corrected chi connectivity index (χ1v) is 9.58. The van der Waals surface area contributed by atoms with Gasteiger partial charge >= 0.3 is 0 Å². The van der Waals surface area contributed by atoms with Crippen LogP contribution >= 0.6 is 11.8 Å². The van der Waals surface area contributed by atoms with E-state index >= 15 is 0 Å². The van der Waals surface area contributed by atoms with Crippen LogP contribution in [0, 0.1) is 0 Å². The lowest BCUT2D eigenvalue weighted by molar-refractivity contribution is 0.158. The molecule has 2 aliphatic rings. The van der Waals surface area contributed by atoms with E-state index in [2.05, 4.69) is 51.2 Å². The molecule has 4 rings (SSSR count). The van der Waals surface area contributed by atoms with Gasteiger partial charge in [-0.3, -0.25) is 4.90 Å². The van der Waals surface area contributed by atoms with Gasteiger partial charge in [-0.2, -0.15) is 0 Å². The van der Waals surface area contributed by atoms with Crippen molar-refractivity contribution in [1.82, 2.24) is 14.5 Å².